The number of hydrogen-bond donors (Lipinski definition) is 4. The van der Waals surface area contributed by atoms with Crippen molar-refractivity contribution in [2.24, 2.45) is 5.41 Å². The fraction of sp³-hybridized carbons (Fsp3) is 0.386. The first-order valence-electron chi connectivity index (χ1n) is 19.4. The average molecular weight is 828 g/mol. The summed E-state index contributed by atoms with van der Waals surface area (Å²) < 4.78 is 45.7. The minimum atomic E-state index is -4.10. The molecule has 0 spiro atoms. The normalized spacial score (nSPS) is 18.3. The van der Waals surface area contributed by atoms with Crippen molar-refractivity contribution in [3.05, 3.63) is 90.0 Å². The predicted octanol–water partition coefficient (Wildman–Crippen LogP) is 6.95. The Labute approximate surface area is 345 Å². The molecule has 4 amide bonds. The number of allylic oxidation sites excluding steroid dienone is 1. The highest BCUT2D eigenvalue weighted by Gasteiger charge is 2.37. The third kappa shape index (κ3) is 11.8. The number of amides is 4. The van der Waals surface area contributed by atoms with Crippen LogP contribution in [-0.4, -0.2) is 67.8 Å². The highest BCUT2D eigenvalue weighted by atomic mass is 32.2. The molecule has 3 aromatic carbocycles. The van der Waals surface area contributed by atoms with Gasteiger partial charge in [0.25, 0.3) is 5.91 Å². The molecule has 1 aliphatic rings. The van der Waals surface area contributed by atoms with Crippen molar-refractivity contribution in [1.82, 2.24) is 25.7 Å². The zero-order valence-electron chi connectivity index (χ0n) is 34.7. The molecule has 2 bridgehead atoms. The van der Waals surface area contributed by atoms with Crippen LogP contribution in [0.5, 0.6) is 17.2 Å². The highest BCUT2D eigenvalue weighted by Crippen LogP contribution is 2.37. The van der Waals surface area contributed by atoms with E-state index in [1.807, 2.05) is 48.5 Å². The Morgan fingerprint density at radius 3 is 2.32 bits per heavy atom. The topological polar surface area (TPSA) is 191 Å². The molecule has 3 atom stereocenters. The average Bonchev–Trinajstić information content (AvgIpc) is 3.16. The second-order valence-corrected chi connectivity index (χ2v) is 18.2. The Morgan fingerprint density at radius 1 is 0.932 bits per heavy atom. The van der Waals surface area contributed by atoms with Crippen molar-refractivity contribution in [2.45, 2.75) is 91.5 Å². The first-order valence-corrected chi connectivity index (χ1v) is 21.1. The molecule has 314 valence electrons. The number of nitrogens with one attached hydrogen (secondary N) is 4. The van der Waals surface area contributed by atoms with Crippen LogP contribution < -0.4 is 30.1 Å². The number of hydrogen-bond acceptors (Lipinski definition) is 10. The van der Waals surface area contributed by atoms with Crippen LogP contribution in [0.25, 0.3) is 28.2 Å². The molecule has 1 aliphatic heterocycles. The molecule has 0 saturated heterocycles. The maximum atomic E-state index is 14.3. The maximum absolute atomic E-state index is 14.3. The van der Waals surface area contributed by atoms with E-state index in [1.165, 1.54) is 0 Å². The van der Waals surface area contributed by atoms with Crippen LogP contribution >= 0.6 is 0 Å². The first kappa shape index (κ1) is 44.1. The molecule has 15 heteroatoms. The summed E-state index contributed by atoms with van der Waals surface area (Å²) in [4.78, 5) is 59.6. The monoisotopic (exact) mass is 827 g/mol. The summed E-state index contributed by atoms with van der Waals surface area (Å²) in [6, 6.07) is 18.0. The zero-order chi connectivity index (χ0) is 43.1. The molecule has 4 N–H and O–H groups in total. The Bertz CT molecular complexity index is 2330. The van der Waals surface area contributed by atoms with Crippen LogP contribution in [0.1, 0.15) is 84.9 Å². The van der Waals surface area contributed by atoms with E-state index in [2.05, 4.69) is 20.7 Å². The Hall–Kier alpha value is -5.96. The molecule has 5 rings (SSSR count). The van der Waals surface area contributed by atoms with Crippen molar-refractivity contribution in [3.63, 3.8) is 0 Å². The van der Waals surface area contributed by atoms with Gasteiger partial charge in [0.05, 0.1) is 24.1 Å². The fourth-order valence-electron chi connectivity index (χ4n) is 6.38. The molecular formula is C44H53N5O9S. The number of fused-ring (bicyclic) bond motifs is 3. The van der Waals surface area contributed by atoms with Crippen molar-refractivity contribution >= 4 is 50.8 Å². The Morgan fingerprint density at radius 2 is 1.66 bits per heavy atom. The molecule has 14 nitrogen and oxygen atoms in total. The van der Waals surface area contributed by atoms with E-state index in [-0.39, 0.29) is 12.8 Å². The number of aromatic nitrogens is 1. The highest BCUT2D eigenvalue weighted by molar-refractivity contribution is 7.90. The summed E-state index contributed by atoms with van der Waals surface area (Å²) in [5.41, 5.74) is 1.20. The van der Waals surface area contributed by atoms with Gasteiger partial charge in [-0.3, -0.25) is 19.1 Å². The van der Waals surface area contributed by atoms with Gasteiger partial charge in [-0.25, -0.2) is 18.2 Å². The second-order valence-electron chi connectivity index (χ2n) is 16.4. The molecule has 1 unspecified atom stereocenters. The minimum Gasteiger partial charge on any atom is -0.497 e. The predicted molar refractivity (Wildman–Crippen MR) is 226 cm³/mol. The van der Waals surface area contributed by atoms with Crippen LogP contribution in [0, 0.1) is 5.41 Å². The number of alkyl carbamates (subject to hydrolysis) is 1. The lowest BCUT2D eigenvalue weighted by Gasteiger charge is -2.33. The lowest BCUT2D eigenvalue weighted by molar-refractivity contribution is -0.133. The first-order chi connectivity index (χ1) is 27.8. The van der Waals surface area contributed by atoms with Crippen LogP contribution in [-0.2, 0) is 29.1 Å². The molecule has 0 radical (unpaired) electrons. The number of pyridine rings is 1. The van der Waals surface area contributed by atoms with Gasteiger partial charge in [-0.1, -0.05) is 82.7 Å². The molecule has 59 heavy (non-hydrogen) atoms. The third-order valence-electron chi connectivity index (χ3n) is 9.29. The molecule has 0 fully saturated rings. The van der Waals surface area contributed by atoms with Gasteiger partial charge >= 0.3 is 6.09 Å². The van der Waals surface area contributed by atoms with Gasteiger partial charge in [0, 0.05) is 28.6 Å². The van der Waals surface area contributed by atoms with Gasteiger partial charge in [-0.2, -0.15) is 0 Å². The summed E-state index contributed by atoms with van der Waals surface area (Å²) in [7, 11) is -2.52. The lowest BCUT2D eigenvalue weighted by atomic mass is 9.86. The van der Waals surface area contributed by atoms with Gasteiger partial charge < -0.3 is 30.2 Å². The van der Waals surface area contributed by atoms with Gasteiger partial charge in [-0.05, 0) is 68.9 Å². The van der Waals surface area contributed by atoms with E-state index in [9.17, 15) is 27.6 Å². The summed E-state index contributed by atoms with van der Waals surface area (Å²) in [5, 5.41) is 8.80. The maximum Gasteiger partial charge on any atom is 0.408 e. The number of nitrogens with zero attached hydrogens (tertiary/aromatic N) is 1. The summed E-state index contributed by atoms with van der Waals surface area (Å²) in [6.07, 6.45) is 3.05. The SMILES string of the molecule is CCC[C@@H]1NC(=O)C(NC(=O)[C@@H](NC(=O)OC(C)(C)C)C(C)(C)C)c2ccc(Oc3cc(-c4ccccc4)nc4cc(OC)ccc34)c(c2)/C=C\CCS(=O)(=O)NC1=O. The number of rotatable bonds is 9. The molecule has 1 aromatic heterocycles. The third-order valence-corrected chi connectivity index (χ3v) is 10.6. The number of sulfonamides is 1. The second kappa shape index (κ2) is 18.3. The van der Waals surface area contributed by atoms with Gasteiger partial charge in [0.2, 0.25) is 21.8 Å². The van der Waals surface area contributed by atoms with Gasteiger partial charge in [-0.15, -0.1) is 0 Å². The summed E-state index contributed by atoms with van der Waals surface area (Å²) >= 11 is 0. The number of benzene rings is 3. The summed E-state index contributed by atoms with van der Waals surface area (Å²) in [5.74, 6) is -1.35. The van der Waals surface area contributed by atoms with E-state index in [4.69, 9.17) is 19.2 Å². The van der Waals surface area contributed by atoms with Gasteiger partial charge in [0.15, 0.2) is 0 Å². The van der Waals surface area contributed by atoms with E-state index in [1.54, 1.807) is 92.0 Å². The largest absolute Gasteiger partial charge is 0.497 e. The molecular weight excluding hydrogens is 775 g/mol. The van der Waals surface area contributed by atoms with Crippen molar-refractivity contribution in [2.75, 3.05) is 12.9 Å². The van der Waals surface area contributed by atoms with E-state index in [0.29, 0.717) is 51.4 Å². The molecule has 2 heterocycles. The van der Waals surface area contributed by atoms with Crippen LogP contribution in [0.2, 0.25) is 0 Å². The standard InChI is InChI=1S/C44H53N5O9S/c1-9-15-32-39(50)49-59(54,55)23-14-13-18-28-24-29(37(40(51)46-32)47-41(52)38(43(2,3)4)48-42(53)58-44(5,6)7)19-22-35(28)57-36-26-33(27-16-11-10-12-17-27)45-34-25-30(56-8)20-21-31(34)36/h10-13,16-22,24-26,32,37-38H,9,14-15,23H2,1-8H3,(H,46,51)(H,47,52)(H,48,53)(H,49,50)/b18-13-/t32-,37?,38+/m0/s1. The smallest absolute Gasteiger partial charge is 0.408 e. The van der Waals surface area contributed by atoms with Crippen molar-refractivity contribution in [1.29, 1.82) is 0 Å². The van der Waals surface area contributed by atoms with E-state index < -0.39 is 68.7 Å². The van der Waals surface area contributed by atoms with Gasteiger partial charge in [0.1, 0.15) is 41.0 Å². The molecule has 0 saturated carbocycles. The van der Waals surface area contributed by atoms with Crippen molar-refractivity contribution < 1.29 is 41.8 Å². The van der Waals surface area contributed by atoms with E-state index in [0.717, 1.165) is 5.56 Å². The van der Waals surface area contributed by atoms with Crippen LogP contribution in [0.15, 0.2) is 78.9 Å². The zero-order valence-corrected chi connectivity index (χ0v) is 35.5. The lowest BCUT2D eigenvalue weighted by Crippen LogP contribution is -2.57. The number of ether oxygens (including phenoxy) is 3. The van der Waals surface area contributed by atoms with Crippen molar-refractivity contribution in [3.8, 4) is 28.5 Å². The Balaban J connectivity index is 1.63. The van der Waals surface area contributed by atoms with Crippen LogP contribution in [0.4, 0.5) is 4.79 Å². The number of carbonyl (C=O) groups excluding carboxylic acids is 4. The molecule has 4 aromatic rings. The summed E-state index contributed by atoms with van der Waals surface area (Å²) in [6.45, 7) is 12.1. The number of carbonyl (C=O) groups is 4. The fourth-order valence-corrected chi connectivity index (χ4v) is 7.38. The van der Waals surface area contributed by atoms with Crippen LogP contribution in [0.3, 0.4) is 0 Å². The molecule has 0 aliphatic carbocycles. The minimum absolute atomic E-state index is 0.0387. The number of methoxy groups -OCH3 is 1. The Kier molecular flexibility index (Phi) is 13.7. The van der Waals surface area contributed by atoms with E-state index >= 15 is 0 Å². The quantitative estimate of drug-likeness (QED) is 0.137.